The molecule has 2 aromatic rings. The zero-order valence-electron chi connectivity index (χ0n) is 16.3. The van der Waals surface area contributed by atoms with Crippen molar-refractivity contribution >= 4 is 19.7 Å². The second-order valence-corrected chi connectivity index (χ2v) is 11.3. The second kappa shape index (κ2) is 9.78. The van der Waals surface area contributed by atoms with Gasteiger partial charge in [0, 0.05) is 19.3 Å². The molecule has 0 N–H and O–H groups in total. The lowest BCUT2D eigenvalue weighted by Crippen LogP contribution is -2.46. The van der Waals surface area contributed by atoms with Crippen molar-refractivity contribution in [1.82, 2.24) is 0 Å². The van der Waals surface area contributed by atoms with Gasteiger partial charge in [0.2, 0.25) is 23.8 Å². The van der Waals surface area contributed by atoms with Crippen molar-refractivity contribution in [3.63, 3.8) is 0 Å². The largest absolute Gasteiger partial charge is 0.222 e. The van der Waals surface area contributed by atoms with Gasteiger partial charge in [0.25, 0.3) is 0 Å². The second-order valence-electron chi connectivity index (χ2n) is 6.56. The molecule has 0 unspecified atom stereocenters. The Hall–Kier alpha value is -2.54. The molecule has 0 radical (unpaired) electrons. The molecule has 0 bridgehead atoms. The maximum absolute atomic E-state index is 13.6. The summed E-state index contributed by atoms with van der Waals surface area (Å²) in [6.45, 7) is 2.02. The Balaban J connectivity index is 2.74. The minimum atomic E-state index is -4.36. The van der Waals surface area contributed by atoms with Crippen molar-refractivity contribution < 1.29 is 16.8 Å². The van der Waals surface area contributed by atoms with Crippen molar-refractivity contribution in [2.24, 2.45) is 0 Å². The van der Waals surface area contributed by atoms with E-state index in [1.165, 1.54) is 24.3 Å². The van der Waals surface area contributed by atoms with Crippen LogP contribution >= 0.6 is 0 Å². The molecule has 0 spiro atoms. The summed E-state index contributed by atoms with van der Waals surface area (Å²) in [6.07, 6.45) is 6.96. The third-order valence-electron chi connectivity index (χ3n) is 4.60. The van der Waals surface area contributed by atoms with Gasteiger partial charge in [-0.2, -0.15) is 0 Å². The van der Waals surface area contributed by atoms with Crippen molar-refractivity contribution in [3.8, 4) is 24.2 Å². The van der Waals surface area contributed by atoms with Gasteiger partial charge in [0.1, 0.15) is 0 Å². The first-order chi connectivity index (χ1) is 13.8. The summed E-state index contributed by atoms with van der Waals surface area (Å²) in [4.78, 5) is -0.185. The van der Waals surface area contributed by atoms with Gasteiger partial charge in [-0.15, -0.1) is 24.2 Å². The Morgan fingerprint density at radius 2 is 1.28 bits per heavy atom. The van der Waals surface area contributed by atoms with Crippen LogP contribution in [0.2, 0.25) is 0 Å². The predicted octanol–water partition coefficient (Wildman–Crippen LogP) is 4.24. The molecule has 152 valence electrons. The predicted molar refractivity (Wildman–Crippen MR) is 115 cm³/mol. The molecule has 0 atom stereocenters. The van der Waals surface area contributed by atoms with Crippen LogP contribution in [0.4, 0.5) is 0 Å². The van der Waals surface area contributed by atoms with E-state index in [1.54, 1.807) is 36.4 Å². The van der Waals surface area contributed by atoms with Crippen molar-refractivity contribution in [1.29, 1.82) is 0 Å². The van der Waals surface area contributed by atoms with Crippen LogP contribution in [0.15, 0.2) is 70.5 Å². The van der Waals surface area contributed by atoms with E-state index in [0.717, 1.165) is 12.8 Å². The zero-order chi connectivity index (χ0) is 21.4. The van der Waals surface area contributed by atoms with Crippen LogP contribution in [-0.4, -0.2) is 20.9 Å². The summed E-state index contributed by atoms with van der Waals surface area (Å²) in [5, 5.41) is 0. The maximum Gasteiger partial charge on any atom is 0.203 e. The molecule has 29 heavy (non-hydrogen) atoms. The summed E-state index contributed by atoms with van der Waals surface area (Å²) < 4.78 is 52.3. The van der Waals surface area contributed by atoms with Crippen LogP contribution in [0.3, 0.4) is 0 Å². The van der Waals surface area contributed by atoms with E-state index < -0.39 is 36.6 Å². The highest BCUT2D eigenvalue weighted by atomic mass is 32.3. The summed E-state index contributed by atoms with van der Waals surface area (Å²) >= 11 is 0. The third kappa shape index (κ3) is 4.56. The lowest BCUT2D eigenvalue weighted by atomic mass is 10.2. The monoisotopic (exact) mass is 428 g/mol. The van der Waals surface area contributed by atoms with Crippen LogP contribution in [-0.2, 0) is 19.7 Å². The fraction of sp³-hybridized carbons (Fsp3) is 0.304. The number of hydrogen-bond donors (Lipinski definition) is 0. The van der Waals surface area contributed by atoms with E-state index in [2.05, 4.69) is 17.8 Å². The number of sulfone groups is 2. The molecule has 0 heterocycles. The van der Waals surface area contributed by atoms with E-state index in [1.807, 2.05) is 6.92 Å². The van der Waals surface area contributed by atoms with Crippen LogP contribution in [0.25, 0.3) is 0 Å². The standard InChI is InChI=1S/C23H24O4S2/c1-3-5-6-7-14-20-23(19-4-2,28(24,25)21-15-10-8-11-16-21)29(26,27)22-17-12-9-13-18-22/h2,8-13,15-18H,3,5-6,19-20H2,1H3. The number of hydrogen-bond acceptors (Lipinski definition) is 4. The molecule has 0 aliphatic carbocycles. The van der Waals surface area contributed by atoms with Gasteiger partial charge in [-0.3, -0.25) is 0 Å². The SMILES string of the molecule is C#CCC(CC#CCCCC)(S(=O)(=O)c1ccccc1)S(=O)(=O)c1ccccc1. The first kappa shape index (κ1) is 22.7. The number of benzene rings is 2. The summed E-state index contributed by atoms with van der Waals surface area (Å²) in [5.41, 5.74) is 0. The molecule has 0 fully saturated rings. The van der Waals surface area contributed by atoms with Gasteiger partial charge in [-0.1, -0.05) is 49.7 Å². The van der Waals surface area contributed by atoms with E-state index in [0.29, 0.717) is 6.42 Å². The molecular formula is C23H24O4S2. The normalized spacial score (nSPS) is 11.9. The first-order valence-corrected chi connectivity index (χ1v) is 12.3. The van der Waals surface area contributed by atoms with Gasteiger partial charge >= 0.3 is 0 Å². The van der Waals surface area contributed by atoms with Crippen LogP contribution in [0, 0.1) is 24.2 Å². The van der Waals surface area contributed by atoms with Gasteiger partial charge in [0.15, 0.2) is 0 Å². The first-order valence-electron chi connectivity index (χ1n) is 9.32. The summed E-state index contributed by atoms with van der Waals surface area (Å²) in [7, 11) is -8.71. The molecule has 2 rings (SSSR count). The minimum absolute atomic E-state index is 0.0925. The molecule has 0 saturated carbocycles. The molecule has 0 saturated heterocycles. The molecule has 0 aliphatic heterocycles. The Morgan fingerprint density at radius 1 is 0.793 bits per heavy atom. The van der Waals surface area contributed by atoms with E-state index in [9.17, 15) is 16.8 Å². The van der Waals surface area contributed by atoms with Crippen molar-refractivity contribution in [3.05, 3.63) is 60.7 Å². The fourth-order valence-electron chi connectivity index (χ4n) is 2.92. The van der Waals surface area contributed by atoms with Crippen molar-refractivity contribution in [2.75, 3.05) is 0 Å². The quantitative estimate of drug-likeness (QED) is 0.466. The highest BCUT2D eigenvalue weighted by Crippen LogP contribution is 2.40. The maximum atomic E-state index is 13.6. The van der Waals surface area contributed by atoms with E-state index in [4.69, 9.17) is 6.42 Å². The molecule has 0 amide bonds. The van der Waals surface area contributed by atoms with Crippen LogP contribution in [0.5, 0.6) is 0 Å². The topological polar surface area (TPSA) is 68.3 Å². The average molecular weight is 429 g/mol. The summed E-state index contributed by atoms with van der Waals surface area (Å²) in [6, 6.07) is 15.1. The molecule has 2 aromatic carbocycles. The minimum Gasteiger partial charge on any atom is -0.222 e. The average Bonchev–Trinajstić information content (AvgIpc) is 2.73. The molecule has 0 aromatic heterocycles. The lowest BCUT2D eigenvalue weighted by Gasteiger charge is -2.30. The number of rotatable bonds is 8. The number of terminal acetylenes is 1. The van der Waals surface area contributed by atoms with Gasteiger partial charge < -0.3 is 0 Å². The Labute approximate surface area is 174 Å². The highest BCUT2D eigenvalue weighted by molar-refractivity contribution is 8.10. The van der Waals surface area contributed by atoms with Crippen molar-refractivity contribution in [2.45, 2.75) is 52.9 Å². The fourth-order valence-corrected chi connectivity index (χ4v) is 7.62. The molecule has 4 nitrogen and oxygen atoms in total. The Bertz CT molecular complexity index is 1050. The zero-order valence-corrected chi connectivity index (χ0v) is 18.0. The van der Waals surface area contributed by atoms with Gasteiger partial charge in [-0.05, 0) is 30.7 Å². The van der Waals surface area contributed by atoms with Crippen LogP contribution < -0.4 is 0 Å². The van der Waals surface area contributed by atoms with Crippen LogP contribution in [0.1, 0.15) is 39.0 Å². The Morgan fingerprint density at radius 3 is 1.69 bits per heavy atom. The van der Waals surface area contributed by atoms with Gasteiger partial charge in [-0.25, -0.2) is 16.8 Å². The Kier molecular flexibility index (Phi) is 7.67. The van der Waals surface area contributed by atoms with E-state index in [-0.39, 0.29) is 9.79 Å². The highest BCUT2D eigenvalue weighted by Gasteiger charge is 2.55. The summed E-state index contributed by atoms with van der Waals surface area (Å²) in [5.74, 6) is 7.98. The smallest absolute Gasteiger partial charge is 0.203 e. The molecular weight excluding hydrogens is 404 g/mol. The van der Waals surface area contributed by atoms with Gasteiger partial charge in [0.05, 0.1) is 9.79 Å². The number of unbranched alkanes of at least 4 members (excludes halogenated alkanes) is 2. The molecule has 6 heteroatoms. The third-order valence-corrected chi connectivity index (χ3v) is 10.2. The lowest BCUT2D eigenvalue weighted by molar-refractivity contribution is 0.540. The molecule has 0 aliphatic rings. The van der Waals surface area contributed by atoms with E-state index >= 15 is 0 Å².